The Kier molecular flexibility index (Phi) is 3.80. The second-order valence-electron chi connectivity index (χ2n) is 4.24. The molecule has 0 aliphatic heterocycles. The summed E-state index contributed by atoms with van der Waals surface area (Å²) in [6.07, 6.45) is 0.902. The predicted molar refractivity (Wildman–Crippen MR) is 65.5 cm³/mol. The second kappa shape index (κ2) is 4.71. The molecule has 0 aliphatic carbocycles. The van der Waals surface area contributed by atoms with Crippen LogP contribution in [0.2, 0.25) is 0 Å². The molecule has 0 saturated carbocycles. The molecule has 0 bridgehead atoms. The Morgan fingerprint density at radius 1 is 1.47 bits per heavy atom. The van der Waals surface area contributed by atoms with Gasteiger partial charge in [-0.15, -0.1) is 12.6 Å². The minimum Gasteiger partial charge on any atom is -0.347 e. The molecule has 1 amide bonds. The Morgan fingerprint density at radius 3 is 2.67 bits per heavy atom. The Balaban J connectivity index is 2.78. The standard InChI is InChI=1S/C12H17NOS/c1-4-12(2,3)13-11(14)9-6-5-7-10(15)8-9/h5-8,15H,4H2,1-3H3,(H,13,14). The summed E-state index contributed by atoms with van der Waals surface area (Å²) in [4.78, 5) is 12.6. The van der Waals surface area contributed by atoms with E-state index in [0.717, 1.165) is 11.3 Å². The van der Waals surface area contributed by atoms with Crippen molar-refractivity contribution in [1.82, 2.24) is 5.32 Å². The van der Waals surface area contributed by atoms with Crippen molar-refractivity contribution in [3.8, 4) is 0 Å². The molecule has 0 radical (unpaired) electrons. The van der Waals surface area contributed by atoms with E-state index < -0.39 is 0 Å². The quantitative estimate of drug-likeness (QED) is 0.758. The van der Waals surface area contributed by atoms with Crippen molar-refractivity contribution < 1.29 is 4.79 Å². The van der Waals surface area contributed by atoms with E-state index in [0.29, 0.717) is 5.56 Å². The molecule has 3 heteroatoms. The molecule has 1 aromatic rings. The highest BCUT2D eigenvalue weighted by molar-refractivity contribution is 7.80. The van der Waals surface area contributed by atoms with Crippen LogP contribution in [0.15, 0.2) is 29.2 Å². The van der Waals surface area contributed by atoms with Gasteiger partial charge < -0.3 is 5.32 Å². The van der Waals surface area contributed by atoms with Crippen LogP contribution in [0.4, 0.5) is 0 Å². The zero-order valence-corrected chi connectivity index (χ0v) is 10.3. The minimum atomic E-state index is -0.163. The van der Waals surface area contributed by atoms with Crippen molar-refractivity contribution in [2.24, 2.45) is 0 Å². The molecular weight excluding hydrogens is 206 g/mol. The number of thiol groups is 1. The van der Waals surface area contributed by atoms with Gasteiger partial charge in [0.2, 0.25) is 0 Å². The maximum Gasteiger partial charge on any atom is 0.251 e. The van der Waals surface area contributed by atoms with Crippen molar-refractivity contribution in [2.75, 3.05) is 0 Å². The largest absolute Gasteiger partial charge is 0.347 e. The Hall–Kier alpha value is -0.960. The van der Waals surface area contributed by atoms with Crippen LogP contribution < -0.4 is 5.32 Å². The van der Waals surface area contributed by atoms with E-state index in [9.17, 15) is 4.79 Å². The van der Waals surface area contributed by atoms with Gasteiger partial charge in [-0.3, -0.25) is 4.79 Å². The normalized spacial score (nSPS) is 11.2. The zero-order valence-electron chi connectivity index (χ0n) is 9.37. The Morgan fingerprint density at radius 2 is 2.13 bits per heavy atom. The predicted octanol–water partition coefficient (Wildman–Crippen LogP) is 2.89. The van der Waals surface area contributed by atoms with Crippen molar-refractivity contribution in [3.63, 3.8) is 0 Å². The van der Waals surface area contributed by atoms with E-state index >= 15 is 0 Å². The molecule has 0 aromatic heterocycles. The zero-order chi connectivity index (χ0) is 11.5. The summed E-state index contributed by atoms with van der Waals surface area (Å²) in [5.41, 5.74) is 0.493. The van der Waals surface area contributed by atoms with E-state index in [1.807, 2.05) is 26.0 Å². The number of amides is 1. The monoisotopic (exact) mass is 223 g/mol. The average Bonchev–Trinajstić information content (AvgIpc) is 2.17. The van der Waals surface area contributed by atoms with Crippen molar-refractivity contribution in [1.29, 1.82) is 0 Å². The molecule has 0 heterocycles. The van der Waals surface area contributed by atoms with Crippen molar-refractivity contribution in [2.45, 2.75) is 37.6 Å². The van der Waals surface area contributed by atoms with Gasteiger partial charge in [0.15, 0.2) is 0 Å². The number of nitrogens with one attached hydrogen (secondary N) is 1. The average molecular weight is 223 g/mol. The molecule has 0 saturated heterocycles. The van der Waals surface area contributed by atoms with Crippen LogP contribution in [0.3, 0.4) is 0 Å². The van der Waals surface area contributed by atoms with Gasteiger partial charge in [0, 0.05) is 16.0 Å². The first-order valence-corrected chi connectivity index (χ1v) is 5.51. The maximum absolute atomic E-state index is 11.8. The highest BCUT2D eigenvalue weighted by atomic mass is 32.1. The van der Waals surface area contributed by atoms with Crippen molar-refractivity contribution in [3.05, 3.63) is 29.8 Å². The van der Waals surface area contributed by atoms with Crippen LogP contribution in [0.1, 0.15) is 37.6 Å². The van der Waals surface area contributed by atoms with E-state index in [1.165, 1.54) is 0 Å². The molecule has 0 atom stereocenters. The van der Waals surface area contributed by atoms with E-state index in [-0.39, 0.29) is 11.4 Å². The number of rotatable bonds is 3. The van der Waals surface area contributed by atoms with Crippen LogP contribution in [0, 0.1) is 0 Å². The lowest BCUT2D eigenvalue weighted by Gasteiger charge is -2.24. The number of hydrogen-bond donors (Lipinski definition) is 2. The van der Waals surface area contributed by atoms with Gasteiger partial charge in [0.1, 0.15) is 0 Å². The lowest BCUT2D eigenvalue weighted by atomic mass is 10.0. The Bertz CT molecular complexity index is 360. The molecule has 0 aliphatic rings. The Labute approximate surface area is 96.5 Å². The van der Waals surface area contributed by atoms with Gasteiger partial charge in [-0.05, 0) is 38.5 Å². The highest BCUT2D eigenvalue weighted by Gasteiger charge is 2.18. The first-order valence-electron chi connectivity index (χ1n) is 5.06. The molecule has 0 fully saturated rings. The third kappa shape index (κ3) is 3.59. The molecule has 0 spiro atoms. The summed E-state index contributed by atoms with van der Waals surface area (Å²) in [7, 11) is 0. The molecule has 82 valence electrons. The molecule has 1 aromatic carbocycles. The van der Waals surface area contributed by atoms with Crippen molar-refractivity contribution >= 4 is 18.5 Å². The molecule has 2 nitrogen and oxygen atoms in total. The van der Waals surface area contributed by atoms with Gasteiger partial charge in [0.05, 0.1) is 0 Å². The lowest BCUT2D eigenvalue weighted by Crippen LogP contribution is -2.42. The number of carbonyl (C=O) groups is 1. The number of carbonyl (C=O) groups excluding carboxylic acids is 1. The fourth-order valence-corrected chi connectivity index (χ4v) is 1.34. The summed E-state index contributed by atoms with van der Waals surface area (Å²) in [5.74, 6) is -0.0437. The third-order valence-corrected chi connectivity index (χ3v) is 2.72. The molecule has 1 N–H and O–H groups in total. The van der Waals surface area contributed by atoms with Gasteiger partial charge in [-0.1, -0.05) is 13.0 Å². The second-order valence-corrected chi connectivity index (χ2v) is 4.76. The van der Waals surface area contributed by atoms with E-state index in [4.69, 9.17) is 0 Å². The molecule has 0 unspecified atom stereocenters. The minimum absolute atomic E-state index is 0.0437. The smallest absolute Gasteiger partial charge is 0.251 e. The van der Waals surface area contributed by atoms with Crippen LogP contribution >= 0.6 is 12.6 Å². The highest BCUT2D eigenvalue weighted by Crippen LogP contribution is 2.12. The summed E-state index contributed by atoms with van der Waals surface area (Å²) >= 11 is 4.20. The first-order chi connectivity index (χ1) is 6.94. The number of benzene rings is 1. The van der Waals surface area contributed by atoms with Crippen LogP contribution in [-0.2, 0) is 0 Å². The summed E-state index contributed by atoms with van der Waals surface area (Å²) < 4.78 is 0. The maximum atomic E-state index is 11.8. The third-order valence-electron chi connectivity index (χ3n) is 2.44. The fraction of sp³-hybridized carbons (Fsp3) is 0.417. The van der Waals surface area contributed by atoms with Gasteiger partial charge >= 0.3 is 0 Å². The van der Waals surface area contributed by atoms with Crippen LogP contribution in [-0.4, -0.2) is 11.4 Å². The first kappa shape index (κ1) is 12.1. The topological polar surface area (TPSA) is 29.1 Å². The lowest BCUT2D eigenvalue weighted by molar-refractivity contribution is 0.0911. The van der Waals surface area contributed by atoms with Gasteiger partial charge in [0.25, 0.3) is 5.91 Å². The van der Waals surface area contributed by atoms with E-state index in [1.54, 1.807) is 12.1 Å². The van der Waals surface area contributed by atoms with Gasteiger partial charge in [-0.2, -0.15) is 0 Å². The molecule has 15 heavy (non-hydrogen) atoms. The summed E-state index contributed by atoms with van der Waals surface area (Å²) in [5, 5.41) is 2.98. The molecule has 1 rings (SSSR count). The van der Waals surface area contributed by atoms with Crippen LogP contribution in [0.25, 0.3) is 0 Å². The van der Waals surface area contributed by atoms with Gasteiger partial charge in [-0.25, -0.2) is 0 Å². The molecular formula is C12H17NOS. The SMILES string of the molecule is CCC(C)(C)NC(=O)c1cccc(S)c1. The summed E-state index contributed by atoms with van der Waals surface area (Å²) in [6.45, 7) is 6.07. The number of hydrogen-bond acceptors (Lipinski definition) is 2. The summed E-state index contributed by atoms with van der Waals surface area (Å²) in [6, 6.07) is 7.24. The van der Waals surface area contributed by atoms with E-state index in [2.05, 4.69) is 24.9 Å². The van der Waals surface area contributed by atoms with Crippen LogP contribution in [0.5, 0.6) is 0 Å². The fourth-order valence-electron chi connectivity index (χ4n) is 1.12.